The van der Waals surface area contributed by atoms with Crippen molar-refractivity contribution in [2.75, 3.05) is 27.7 Å². The standard InChI is InChI=1S/C15H21NO2/c1-12(11-16(2)3)15(17)10-7-13-5-8-14(18-4)9-6-13/h5-10,12H,11H2,1-4H3/b10-7+. The van der Waals surface area contributed by atoms with Gasteiger partial charge in [-0.05, 0) is 37.9 Å². The van der Waals surface area contributed by atoms with E-state index in [4.69, 9.17) is 4.74 Å². The van der Waals surface area contributed by atoms with Crippen LogP contribution in [0.2, 0.25) is 0 Å². The van der Waals surface area contributed by atoms with Crippen molar-refractivity contribution in [3.05, 3.63) is 35.9 Å². The quantitative estimate of drug-likeness (QED) is 0.723. The van der Waals surface area contributed by atoms with Gasteiger partial charge < -0.3 is 9.64 Å². The summed E-state index contributed by atoms with van der Waals surface area (Å²) in [6.45, 7) is 2.71. The lowest BCUT2D eigenvalue weighted by Crippen LogP contribution is -2.24. The molecule has 1 aromatic rings. The zero-order valence-corrected chi connectivity index (χ0v) is 11.5. The number of allylic oxidation sites excluding steroid dienone is 1. The van der Waals surface area contributed by atoms with Crippen molar-refractivity contribution < 1.29 is 9.53 Å². The van der Waals surface area contributed by atoms with E-state index < -0.39 is 0 Å². The van der Waals surface area contributed by atoms with Gasteiger partial charge in [-0.1, -0.05) is 25.1 Å². The Labute approximate surface area is 109 Å². The summed E-state index contributed by atoms with van der Waals surface area (Å²) in [7, 11) is 5.57. The topological polar surface area (TPSA) is 29.5 Å². The van der Waals surface area contributed by atoms with E-state index in [0.717, 1.165) is 17.9 Å². The first-order chi connectivity index (χ1) is 8.52. The van der Waals surface area contributed by atoms with Gasteiger partial charge >= 0.3 is 0 Å². The maximum Gasteiger partial charge on any atom is 0.159 e. The van der Waals surface area contributed by atoms with Crippen LogP contribution in [0.4, 0.5) is 0 Å². The Bertz CT molecular complexity index is 407. The van der Waals surface area contributed by atoms with Crippen molar-refractivity contribution in [2.24, 2.45) is 5.92 Å². The monoisotopic (exact) mass is 247 g/mol. The molecule has 0 saturated heterocycles. The van der Waals surface area contributed by atoms with Crippen LogP contribution in [0.1, 0.15) is 12.5 Å². The van der Waals surface area contributed by atoms with Crippen LogP contribution < -0.4 is 4.74 Å². The molecule has 1 rings (SSSR count). The molecule has 0 aromatic heterocycles. The first-order valence-electron chi connectivity index (χ1n) is 6.03. The number of ketones is 1. The van der Waals surface area contributed by atoms with Gasteiger partial charge in [-0.15, -0.1) is 0 Å². The molecule has 18 heavy (non-hydrogen) atoms. The van der Waals surface area contributed by atoms with Gasteiger partial charge in [0, 0.05) is 12.5 Å². The number of ether oxygens (including phenoxy) is 1. The molecule has 0 saturated carbocycles. The molecule has 0 aliphatic carbocycles. The Balaban J connectivity index is 2.59. The number of carbonyl (C=O) groups excluding carboxylic acids is 1. The van der Waals surface area contributed by atoms with Crippen molar-refractivity contribution in [3.63, 3.8) is 0 Å². The third kappa shape index (κ3) is 4.72. The maximum absolute atomic E-state index is 11.8. The SMILES string of the molecule is COc1ccc(/C=C/C(=O)C(C)CN(C)C)cc1. The highest BCUT2D eigenvalue weighted by Crippen LogP contribution is 2.12. The lowest BCUT2D eigenvalue weighted by atomic mass is 10.0. The molecule has 0 aliphatic rings. The molecule has 0 bridgehead atoms. The third-order valence-corrected chi connectivity index (χ3v) is 2.68. The number of nitrogens with zero attached hydrogens (tertiary/aromatic N) is 1. The number of carbonyl (C=O) groups is 1. The minimum absolute atomic E-state index is 0.0227. The molecule has 0 fully saturated rings. The Morgan fingerprint density at radius 1 is 1.33 bits per heavy atom. The number of hydrogen-bond donors (Lipinski definition) is 0. The van der Waals surface area contributed by atoms with Crippen molar-refractivity contribution >= 4 is 11.9 Å². The minimum atomic E-state index is 0.0227. The van der Waals surface area contributed by atoms with Crippen LogP contribution >= 0.6 is 0 Å². The summed E-state index contributed by atoms with van der Waals surface area (Å²) in [4.78, 5) is 13.9. The molecule has 1 unspecified atom stereocenters. The Hall–Kier alpha value is -1.61. The van der Waals surface area contributed by atoms with Gasteiger partial charge in [-0.2, -0.15) is 0 Å². The van der Waals surface area contributed by atoms with E-state index in [2.05, 4.69) is 0 Å². The van der Waals surface area contributed by atoms with Gasteiger partial charge in [0.15, 0.2) is 5.78 Å². The molecule has 3 heteroatoms. The highest BCUT2D eigenvalue weighted by molar-refractivity contribution is 5.95. The summed E-state index contributed by atoms with van der Waals surface area (Å²) in [6.07, 6.45) is 3.49. The van der Waals surface area contributed by atoms with E-state index in [-0.39, 0.29) is 11.7 Å². The molecule has 3 nitrogen and oxygen atoms in total. The van der Waals surface area contributed by atoms with Crippen LogP contribution in [0, 0.1) is 5.92 Å². The van der Waals surface area contributed by atoms with E-state index >= 15 is 0 Å². The van der Waals surface area contributed by atoms with Crippen molar-refractivity contribution in [1.82, 2.24) is 4.90 Å². The number of methoxy groups -OCH3 is 1. The molecule has 0 spiro atoms. The van der Waals surface area contributed by atoms with Gasteiger partial charge in [0.05, 0.1) is 7.11 Å². The average molecular weight is 247 g/mol. The Morgan fingerprint density at radius 2 is 1.94 bits per heavy atom. The second kappa shape index (κ2) is 6.97. The summed E-state index contributed by atoms with van der Waals surface area (Å²) in [5, 5.41) is 0. The second-order valence-electron chi connectivity index (χ2n) is 4.67. The predicted octanol–water partition coefficient (Wildman–Crippen LogP) is 2.48. The fraction of sp³-hybridized carbons (Fsp3) is 0.400. The van der Waals surface area contributed by atoms with Crippen LogP contribution in [0.15, 0.2) is 30.3 Å². The number of rotatable bonds is 6. The van der Waals surface area contributed by atoms with Gasteiger partial charge in [-0.3, -0.25) is 4.79 Å². The molecule has 1 atom stereocenters. The van der Waals surface area contributed by atoms with Gasteiger partial charge in [0.2, 0.25) is 0 Å². The first kappa shape index (κ1) is 14.5. The first-order valence-corrected chi connectivity index (χ1v) is 6.03. The summed E-state index contributed by atoms with van der Waals surface area (Å²) in [5.74, 6) is 0.994. The second-order valence-corrected chi connectivity index (χ2v) is 4.67. The van der Waals surface area contributed by atoms with Crippen molar-refractivity contribution in [3.8, 4) is 5.75 Å². The van der Waals surface area contributed by atoms with E-state index in [9.17, 15) is 4.79 Å². The summed E-state index contributed by atoms with van der Waals surface area (Å²) >= 11 is 0. The molecule has 1 aromatic carbocycles. The van der Waals surface area contributed by atoms with Crippen LogP contribution in [-0.4, -0.2) is 38.4 Å². The van der Waals surface area contributed by atoms with Crippen LogP contribution in [0.25, 0.3) is 6.08 Å². The zero-order chi connectivity index (χ0) is 13.5. The highest BCUT2D eigenvalue weighted by Gasteiger charge is 2.10. The van der Waals surface area contributed by atoms with Gasteiger partial charge in [0.1, 0.15) is 5.75 Å². The molecule has 0 radical (unpaired) electrons. The van der Waals surface area contributed by atoms with Gasteiger partial charge in [0.25, 0.3) is 0 Å². The summed E-state index contributed by atoms with van der Waals surface area (Å²) in [5.41, 5.74) is 1.00. The highest BCUT2D eigenvalue weighted by atomic mass is 16.5. The normalized spacial score (nSPS) is 12.9. The van der Waals surface area contributed by atoms with Crippen molar-refractivity contribution in [1.29, 1.82) is 0 Å². The fourth-order valence-electron chi connectivity index (χ4n) is 1.70. The molecule has 0 heterocycles. The third-order valence-electron chi connectivity index (χ3n) is 2.68. The maximum atomic E-state index is 11.8. The molecule has 98 valence electrons. The smallest absolute Gasteiger partial charge is 0.159 e. The van der Waals surface area contributed by atoms with Crippen molar-refractivity contribution in [2.45, 2.75) is 6.92 Å². The average Bonchev–Trinajstić information content (AvgIpc) is 2.35. The van der Waals surface area contributed by atoms with Gasteiger partial charge in [-0.25, -0.2) is 0 Å². The molecule has 0 amide bonds. The fourth-order valence-corrected chi connectivity index (χ4v) is 1.70. The van der Waals surface area contributed by atoms with E-state index in [1.54, 1.807) is 13.2 Å². The minimum Gasteiger partial charge on any atom is -0.497 e. The largest absolute Gasteiger partial charge is 0.497 e. The number of hydrogen-bond acceptors (Lipinski definition) is 3. The van der Waals surface area contributed by atoms with E-state index in [1.807, 2.05) is 56.3 Å². The van der Waals surface area contributed by atoms with Crippen LogP contribution in [0.5, 0.6) is 5.75 Å². The lowest BCUT2D eigenvalue weighted by molar-refractivity contribution is -0.118. The predicted molar refractivity (Wildman–Crippen MR) is 74.8 cm³/mol. The molecule has 0 N–H and O–H groups in total. The van der Waals surface area contributed by atoms with E-state index in [0.29, 0.717) is 0 Å². The Kier molecular flexibility index (Phi) is 5.59. The van der Waals surface area contributed by atoms with E-state index in [1.165, 1.54) is 0 Å². The summed E-state index contributed by atoms with van der Waals surface area (Å²) in [6, 6.07) is 7.62. The molecular weight excluding hydrogens is 226 g/mol. The Morgan fingerprint density at radius 3 is 2.44 bits per heavy atom. The van der Waals surface area contributed by atoms with Crippen LogP contribution in [0.3, 0.4) is 0 Å². The lowest BCUT2D eigenvalue weighted by Gasteiger charge is -2.13. The summed E-state index contributed by atoms with van der Waals surface area (Å²) < 4.78 is 5.08. The van der Waals surface area contributed by atoms with Crippen LogP contribution in [-0.2, 0) is 4.79 Å². The molecule has 0 aliphatic heterocycles. The number of benzene rings is 1. The molecular formula is C15H21NO2. The zero-order valence-electron chi connectivity index (χ0n) is 11.5.